The maximum absolute atomic E-state index is 10.5. The van der Waals surface area contributed by atoms with Crippen molar-refractivity contribution in [2.45, 2.75) is 13.3 Å². The van der Waals surface area contributed by atoms with Crippen LogP contribution in [0, 0.1) is 0 Å². The van der Waals surface area contributed by atoms with Gasteiger partial charge in [0.25, 0.3) is 0 Å². The molecule has 0 amide bonds. The maximum atomic E-state index is 10.5. The van der Waals surface area contributed by atoms with E-state index < -0.39 is 0 Å². The molecule has 1 rings (SSSR count). The third-order valence-corrected chi connectivity index (χ3v) is 1.15. The fraction of sp³-hybridized carbons (Fsp3) is 0.333. The quantitative estimate of drug-likeness (QED) is 0.425. The van der Waals surface area contributed by atoms with Crippen molar-refractivity contribution in [2.75, 3.05) is 0 Å². The van der Waals surface area contributed by atoms with Crippen molar-refractivity contribution in [1.82, 2.24) is 0 Å². The SMILES string of the molecule is CC1=CC(=O)CC1=O. The average molecular weight is 110 g/mol. The molecule has 0 unspecified atom stereocenters. The summed E-state index contributed by atoms with van der Waals surface area (Å²) < 4.78 is 0. The van der Waals surface area contributed by atoms with Gasteiger partial charge in [-0.15, -0.1) is 0 Å². The number of carbonyl (C=O) groups excluding carboxylic acids is 2. The van der Waals surface area contributed by atoms with Crippen molar-refractivity contribution in [3.8, 4) is 0 Å². The van der Waals surface area contributed by atoms with Crippen LogP contribution < -0.4 is 0 Å². The molecule has 8 heavy (non-hydrogen) atoms. The number of rotatable bonds is 0. The number of Topliss-reactive ketones (excluding diaryl/α,β-unsaturated/α-hetero) is 1. The molecular weight excluding hydrogens is 104 g/mol. The van der Waals surface area contributed by atoms with Crippen LogP contribution in [0.3, 0.4) is 0 Å². The third-order valence-electron chi connectivity index (χ3n) is 1.15. The van der Waals surface area contributed by atoms with Gasteiger partial charge in [0, 0.05) is 0 Å². The molecule has 1 aliphatic rings. The van der Waals surface area contributed by atoms with Crippen molar-refractivity contribution in [1.29, 1.82) is 0 Å². The standard InChI is InChI=1S/C6H6O2/c1-4-2-5(7)3-6(4)8/h2H,3H2,1H3. The number of ketones is 2. The molecule has 2 nitrogen and oxygen atoms in total. The topological polar surface area (TPSA) is 34.1 Å². The molecule has 1 aliphatic carbocycles. The van der Waals surface area contributed by atoms with Gasteiger partial charge in [0.05, 0.1) is 6.42 Å². The number of allylic oxidation sites excluding steroid dienone is 2. The first kappa shape index (κ1) is 5.22. The van der Waals surface area contributed by atoms with E-state index in [4.69, 9.17) is 0 Å². The van der Waals surface area contributed by atoms with E-state index in [2.05, 4.69) is 0 Å². The zero-order chi connectivity index (χ0) is 6.15. The normalized spacial score (nSPS) is 19.4. The molecule has 0 atom stereocenters. The van der Waals surface area contributed by atoms with Gasteiger partial charge in [0.1, 0.15) is 0 Å². The van der Waals surface area contributed by atoms with Crippen molar-refractivity contribution < 1.29 is 9.59 Å². The molecular formula is C6H6O2. The van der Waals surface area contributed by atoms with Crippen molar-refractivity contribution in [3.63, 3.8) is 0 Å². The highest BCUT2D eigenvalue weighted by Crippen LogP contribution is 2.08. The van der Waals surface area contributed by atoms with Gasteiger partial charge in [-0.1, -0.05) is 0 Å². The second-order valence-electron chi connectivity index (χ2n) is 1.89. The summed E-state index contributed by atoms with van der Waals surface area (Å²) in [6.07, 6.45) is 1.48. The van der Waals surface area contributed by atoms with Crippen LogP contribution in [0.15, 0.2) is 11.6 Å². The van der Waals surface area contributed by atoms with E-state index in [1.807, 2.05) is 0 Å². The Labute approximate surface area is 47.2 Å². The van der Waals surface area contributed by atoms with E-state index in [9.17, 15) is 9.59 Å². The summed E-state index contributed by atoms with van der Waals surface area (Å²) >= 11 is 0. The predicted molar refractivity (Wildman–Crippen MR) is 28.4 cm³/mol. The van der Waals surface area contributed by atoms with Crippen LogP contribution in [0.4, 0.5) is 0 Å². The van der Waals surface area contributed by atoms with Crippen molar-refractivity contribution >= 4 is 11.6 Å². The Kier molecular flexibility index (Phi) is 1.01. The summed E-state index contributed by atoms with van der Waals surface area (Å²) in [6.45, 7) is 1.66. The monoisotopic (exact) mass is 110 g/mol. The summed E-state index contributed by atoms with van der Waals surface area (Å²) in [5, 5.41) is 0. The van der Waals surface area contributed by atoms with Crippen molar-refractivity contribution in [3.05, 3.63) is 11.6 Å². The van der Waals surface area contributed by atoms with Crippen LogP contribution in [-0.4, -0.2) is 11.6 Å². The molecule has 42 valence electrons. The zero-order valence-electron chi connectivity index (χ0n) is 4.60. The predicted octanol–water partition coefficient (Wildman–Crippen LogP) is 0.475. The lowest BCUT2D eigenvalue weighted by Crippen LogP contribution is -1.93. The summed E-state index contributed by atoms with van der Waals surface area (Å²) in [5.41, 5.74) is 0.593. The second kappa shape index (κ2) is 1.54. The lowest BCUT2D eigenvalue weighted by Gasteiger charge is -1.80. The minimum absolute atomic E-state index is 0.0324. The fourth-order valence-electron chi connectivity index (χ4n) is 0.671. The first-order valence-corrected chi connectivity index (χ1v) is 2.44. The molecule has 0 spiro atoms. The molecule has 0 radical (unpaired) electrons. The minimum atomic E-state index is -0.0625. The fourth-order valence-corrected chi connectivity index (χ4v) is 0.671. The molecule has 0 heterocycles. The van der Waals surface area contributed by atoms with Gasteiger partial charge in [-0.3, -0.25) is 9.59 Å². The summed E-state index contributed by atoms with van der Waals surface area (Å²) in [4.78, 5) is 20.9. The number of carbonyl (C=O) groups is 2. The summed E-state index contributed by atoms with van der Waals surface area (Å²) in [7, 11) is 0. The highest BCUT2D eigenvalue weighted by atomic mass is 16.2. The summed E-state index contributed by atoms with van der Waals surface area (Å²) in [6, 6.07) is 0. The molecule has 0 aromatic heterocycles. The van der Waals surface area contributed by atoms with E-state index in [-0.39, 0.29) is 18.0 Å². The molecule has 0 saturated heterocycles. The lowest BCUT2D eigenvalue weighted by atomic mass is 10.2. The smallest absolute Gasteiger partial charge is 0.166 e. The highest BCUT2D eigenvalue weighted by Gasteiger charge is 2.16. The molecule has 0 aromatic rings. The second-order valence-corrected chi connectivity index (χ2v) is 1.89. The summed E-state index contributed by atoms with van der Waals surface area (Å²) in [5.74, 6) is -0.0949. The third kappa shape index (κ3) is 0.689. The van der Waals surface area contributed by atoms with Gasteiger partial charge in [-0.25, -0.2) is 0 Å². The Morgan fingerprint density at radius 3 is 2.25 bits per heavy atom. The van der Waals surface area contributed by atoms with Crippen LogP contribution in [0.1, 0.15) is 13.3 Å². The molecule has 0 saturated carbocycles. The van der Waals surface area contributed by atoms with Crippen LogP contribution in [-0.2, 0) is 9.59 Å². The number of hydrogen-bond acceptors (Lipinski definition) is 2. The Morgan fingerprint density at radius 1 is 1.50 bits per heavy atom. The first-order chi connectivity index (χ1) is 3.70. The molecule has 0 fully saturated rings. The van der Waals surface area contributed by atoms with Crippen molar-refractivity contribution in [2.24, 2.45) is 0 Å². The Balaban J connectivity index is 2.88. The molecule has 0 N–H and O–H groups in total. The minimum Gasteiger partial charge on any atom is -0.294 e. The highest BCUT2D eigenvalue weighted by molar-refractivity contribution is 6.18. The Hall–Kier alpha value is -0.920. The van der Waals surface area contributed by atoms with Crippen LogP contribution in [0.2, 0.25) is 0 Å². The molecule has 2 heteroatoms. The van der Waals surface area contributed by atoms with E-state index in [0.717, 1.165) is 0 Å². The number of hydrogen-bond donors (Lipinski definition) is 0. The molecule has 0 bridgehead atoms. The van der Waals surface area contributed by atoms with Crippen LogP contribution in [0.5, 0.6) is 0 Å². The Morgan fingerprint density at radius 2 is 2.12 bits per heavy atom. The van der Waals surface area contributed by atoms with E-state index in [1.54, 1.807) is 6.92 Å². The van der Waals surface area contributed by atoms with E-state index in [0.29, 0.717) is 5.57 Å². The van der Waals surface area contributed by atoms with E-state index in [1.165, 1.54) is 6.08 Å². The molecule has 0 aromatic carbocycles. The largest absolute Gasteiger partial charge is 0.294 e. The average Bonchev–Trinajstić information content (AvgIpc) is 1.85. The van der Waals surface area contributed by atoms with Crippen LogP contribution in [0.25, 0.3) is 0 Å². The molecule has 0 aliphatic heterocycles. The van der Waals surface area contributed by atoms with Gasteiger partial charge in [-0.05, 0) is 18.6 Å². The van der Waals surface area contributed by atoms with Gasteiger partial charge in [-0.2, -0.15) is 0 Å². The van der Waals surface area contributed by atoms with Gasteiger partial charge < -0.3 is 0 Å². The van der Waals surface area contributed by atoms with Gasteiger partial charge in [0.2, 0.25) is 0 Å². The zero-order valence-corrected chi connectivity index (χ0v) is 4.60. The lowest BCUT2D eigenvalue weighted by molar-refractivity contribution is -0.120. The van der Waals surface area contributed by atoms with E-state index >= 15 is 0 Å². The Bertz CT molecular complexity index is 177. The first-order valence-electron chi connectivity index (χ1n) is 2.44. The van der Waals surface area contributed by atoms with Gasteiger partial charge in [0.15, 0.2) is 11.6 Å². The maximum Gasteiger partial charge on any atom is 0.166 e. The van der Waals surface area contributed by atoms with Gasteiger partial charge >= 0.3 is 0 Å². The van der Waals surface area contributed by atoms with Crippen LogP contribution >= 0.6 is 0 Å².